The SMILES string of the molecule is CC(=O)OC[C@]12C=CC(O)C1C1C=CC2C1. The normalized spacial score (nSPS) is 47.4. The molecule has 0 heterocycles. The minimum absolute atomic E-state index is 0.134. The number of carbonyl (C=O) groups excluding carboxylic acids is 1. The first-order valence-electron chi connectivity index (χ1n) is 5.82. The Labute approximate surface area is 94.8 Å². The molecule has 1 saturated carbocycles. The second-order valence-corrected chi connectivity index (χ2v) is 5.16. The fourth-order valence-corrected chi connectivity index (χ4v) is 3.72. The lowest BCUT2D eigenvalue weighted by Gasteiger charge is -2.36. The Morgan fingerprint density at radius 3 is 3.06 bits per heavy atom. The lowest BCUT2D eigenvalue weighted by atomic mass is 9.71. The minimum atomic E-state index is -0.379. The molecule has 5 atom stereocenters. The van der Waals surface area contributed by atoms with Gasteiger partial charge in [-0.15, -0.1) is 0 Å². The molecule has 3 aliphatic carbocycles. The highest BCUT2D eigenvalue weighted by atomic mass is 16.5. The molecule has 1 fully saturated rings. The van der Waals surface area contributed by atoms with Crippen LogP contribution in [0.4, 0.5) is 0 Å². The molecule has 0 aromatic rings. The molecule has 4 unspecified atom stereocenters. The third kappa shape index (κ3) is 1.15. The molecule has 3 aliphatic rings. The number of rotatable bonds is 2. The summed E-state index contributed by atoms with van der Waals surface area (Å²) in [6.07, 6.45) is 9.06. The van der Waals surface area contributed by atoms with Gasteiger partial charge in [0.2, 0.25) is 0 Å². The van der Waals surface area contributed by atoms with E-state index in [-0.39, 0.29) is 23.4 Å². The van der Waals surface area contributed by atoms with E-state index >= 15 is 0 Å². The molecule has 0 aliphatic heterocycles. The number of fused-ring (bicyclic) bond motifs is 5. The van der Waals surface area contributed by atoms with Crippen LogP contribution in [0.5, 0.6) is 0 Å². The highest BCUT2D eigenvalue weighted by Gasteiger charge is 2.59. The predicted octanol–water partition coefficient (Wildman–Crippen LogP) is 1.29. The second-order valence-electron chi connectivity index (χ2n) is 5.16. The van der Waals surface area contributed by atoms with E-state index in [2.05, 4.69) is 18.2 Å². The van der Waals surface area contributed by atoms with Crippen LogP contribution in [0.3, 0.4) is 0 Å². The molecule has 0 aromatic carbocycles. The molecule has 2 bridgehead atoms. The zero-order chi connectivity index (χ0) is 11.3. The van der Waals surface area contributed by atoms with Gasteiger partial charge in [-0.2, -0.15) is 0 Å². The molecule has 3 heteroatoms. The standard InChI is InChI=1S/C13H16O3/c1-8(14)16-7-13-5-4-11(15)12(13)9-2-3-10(13)6-9/h2-5,9-12,15H,6-7H2,1H3/t9?,10?,11?,12?,13-/m0/s1. The third-order valence-electron chi connectivity index (χ3n) is 4.39. The Morgan fingerprint density at radius 1 is 1.50 bits per heavy atom. The van der Waals surface area contributed by atoms with Crippen molar-refractivity contribution in [3.63, 3.8) is 0 Å². The van der Waals surface area contributed by atoms with Crippen molar-refractivity contribution in [2.75, 3.05) is 6.61 Å². The Balaban J connectivity index is 1.89. The van der Waals surface area contributed by atoms with Crippen LogP contribution in [-0.4, -0.2) is 23.8 Å². The van der Waals surface area contributed by atoms with Crippen molar-refractivity contribution in [3.05, 3.63) is 24.3 Å². The number of hydrogen-bond acceptors (Lipinski definition) is 3. The fourth-order valence-electron chi connectivity index (χ4n) is 3.72. The molecule has 1 N–H and O–H groups in total. The number of ether oxygens (including phenoxy) is 1. The monoisotopic (exact) mass is 220 g/mol. The van der Waals surface area contributed by atoms with Crippen LogP contribution in [-0.2, 0) is 9.53 Å². The molecular weight excluding hydrogens is 204 g/mol. The molecule has 0 aromatic heterocycles. The van der Waals surface area contributed by atoms with Crippen molar-refractivity contribution in [1.82, 2.24) is 0 Å². The van der Waals surface area contributed by atoms with Crippen LogP contribution in [0.1, 0.15) is 13.3 Å². The molecule has 3 nitrogen and oxygen atoms in total. The van der Waals surface area contributed by atoms with Crippen molar-refractivity contribution in [2.24, 2.45) is 23.2 Å². The van der Waals surface area contributed by atoms with Crippen molar-refractivity contribution in [1.29, 1.82) is 0 Å². The van der Waals surface area contributed by atoms with E-state index in [9.17, 15) is 9.90 Å². The van der Waals surface area contributed by atoms with Gasteiger partial charge in [0.25, 0.3) is 0 Å². The predicted molar refractivity (Wildman–Crippen MR) is 58.4 cm³/mol. The van der Waals surface area contributed by atoms with E-state index in [0.717, 1.165) is 6.42 Å². The molecule has 16 heavy (non-hydrogen) atoms. The lowest BCUT2D eigenvalue weighted by Crippen LogP contribution is -2.39. The van der Waals surface area contributed by atoms with Gasteiger partial charge in [-0.1, -0.05) is 24.3 Å². The van der Waals surface area contributed by atoms with Gasteiger partial charge in [-0.3, -0.25) is 4.79 Å². The maximum atomic E-state index is 10.9. The maximum absolute atomic E-state index is 10.9. The van der Waals surface area contributed by atoms with E-state index in [4.69, 9.17) is 4.74 Å². The van der Waals surface area contributed by atoms with Crippen molar-refractivity contribution < 1.29 is 14.6 Å². The first-order valence-corrected chi connectivity index (χ1v) is 5.82. The number of allylic oxidation sites excluding steroid dienone is 2. The van der Waals surface area contributed by atoms with Crippen molar-refractivity contribution in [2.45, 2.75) is 19.4 Å². The van der Waals surface area contributed by atoms with Crippen molar-refractivity contribution >= 4 is 5.97 Å². The summed E-state index contributed by atoms with van der Waals surface area (Å²) in [5.41, 5.74) is -0.134. The molecule has 0 amide bonds. The number of esters is 1. The highest BCUT2D eigenvalue weighted by Crippen LogP contribution is 2.60. The van der Waals surface area contributed by atoms with Gasteiger partial charge >= 0.3 is 5.97 Å². The van der Waals surface area contributed by atoms with E-state index in [1.807, 2.05) is 6.08 Å². The molecule has 86 valence electrons. The molecule has 0 spiro atoms. The summed E-state index contributed by atoms with van der Waals surface area (Å²) in [7, 11) is 0. The molecule has 0 radical (unpaired) electrons. The average Bonchev–Trinajstić information content (AvgIpc) is 2.88. The Kier molecular flexibility index (Phi) is 2.02. The molecule has 3 rings (SSSR count). The van der Waals surface area contributed by atoms with Gasteiger partial charge < -0.3 is 9.84 Å². The van der Waals surface area contributed by atoms with E-state index in [1.165, 1.54) is 6.92 Å². The van der Waals surface area contributed by atoms with Gasteiger partial charge in [0.05, 0.1) is 6.10 Å². The van der Waals surface area contributed by atoms with E-state index < -0.39 is 0 Å². The number of carbonyl (C=O) groups is 1. The maximum Gasteiger partial charge on any atom is 0.302 e. The zero-order valence-electron chi connectivity index (χ0n) is 9.30. The van der Waals surface area contributed by atoms with Crippen LogP contribution in [0, 0.1) is 23.2 Å². The van der Waals surface area contributed by atoms with Gasteiger partial charge in [-0.05, 0) is 18.3 Å². The Hall–Kier alpha value is -1.09. The number of aliphatic hydroxyl groups excluding tert-OH is 1. The summed E-state index contributed by atoms with van der Waals surface area (Å²) in [6, 6.07) is 0. The Morgan fingerprint density at radius 2 is 2.31 bits per heavy atom. The largest absolute Gasteiger partial charge is 0.465 e. The van der Waals surface area contributed by atoms with Crippen LogP contribution in [0.2, 0.25) is 0 Å². The van der Waals surface area contributed by atoms with Crippen LogP contribution in [0.25, 0.3) is 0 Å². The van der Waals surface area contributed by atoms with Gasteiger partial charge in [0.15, 0.2) is 0 Å². The Bertz CT molecular complexity index is 385. The van der Waals surface area contributed by atoms with E-state index in [0.29, 0.717) is 18.4 Å². The summed E-state index contributed by atoms with van der Waals surface area (Å²) in [5.74, 6) is 0.845. The topological polar surface area (TPSA) is 46.5 Å². The first-order chi connectivity index (χ1) is 7.63. The summed E-state index contributed by atoms with van der Waals surface area (Å²) >= 11 is 0. The van der Waals surface area contributed by atoms with E-state index in [1.54, 1.807) is 0 Å². The first kappa shape index (κ1) is 10.1. The number of hydrogen-bond donors (Lipinski definition) is 1. The van der Waals surface area contributed by atoms with Gasteiger partial charge in [0, 0.05) is 18.3 Å². The van der Waals surface area contributed by atoms with Gasteiger partial charge in [-0.25, -0.2) is 0 Å². The molecular formula is C13H16O3. The van der Waals surface area contributed by atoms with Crippen LogP contribution >= 0.6 is 0 Å². The number of aliphatic hydroxyl groups is 1. The molecule has 0 saturated heterocycles. The summed E-state index contributed by atoms with van der Waals surface area (Å²) in [6.45, 7) is 1.84. The summed E-state index contributed by atoms with van der Waals surface area (Å²) < 4.78 is 5.20. The van der Waals surface area contributed by atoms with Crippen molar-refractivity contribution in [3.8, 4) is 0 Å². The highest BCUT2D eigenvalue weighted by molar-refractivity contribution is 5.66. The van der Waals surface area contributed by atoms with Crippen LogP contribution in [0.15, 0.2) is 24.3 Å². The van der Waals surface area contributed by atoms with Gasteiger partial charge in [0.1, 0.15) is 6.61 Å². The second kappa shape index (κ2) is 3.20. The third-order valence-corrected chi connectivity index (χ3v) is 4.39. The quantitative estimate of drug-likeness (QED) is 0.563. The average molecular weight is 220 g/mol. The summed E-state index contributed by atoms with van der Waals surface area (Å²) in [5, 5.41) is 9.99. The minimum Gasteiger partial charge on any atom is -0.465 e. The van der Waals surface area contributed by atoms with Crippen LogP contribution < -0.4 is 0 Å². The fraction of sp³-hybridized carbons (Fsp3) is 0.615. The zero-order valence-corrected chi connectivity index (χ0v) is 9.30. The smallest absolute Gasteiger partial charge is 0.302 e. The lowest BCUT2D eigenvalue weighted by molar-refractivity contribution is -0.145. The summed E-state index contributed by atoms with van der Waals surface area (Å²) in [4.78, 5) is 10.9.